The molecule has 82 valence electrons. The van der Waals surface area contributed by atoms with Crippen molar-refractivity contribution in [2.75, 3.05) is 44.7 Å². The topological polar surface area (TPSA) is 63.2 Å². The highest BCUT2D eigenvalue weighted by Crippen LogP contribution is 1.96. The number of aromatic nitrogens is 3. The first kappa shape index (κ1) is 10.3. The number of nitrogens with zero attached hydrogens (tertiary/aromatic N) is 4. The van der Waals surface area contributed by atoms with Gasteiger partial charge in [-0.15, -0.1) is 0 Å². The molecule has 0 bridgehead atoms. The Morgan fingerprint density at radius 3 is 2.73 bits per heavy atom. The van der Waals surface area contributed by atoms with Gasteiger partial charge in [-0.25, -0.2) is 15.0 Å². The molecule has 0 saturated carbocycles. The van der Waals surface area contributed by atoms with E-state index in [9.17, 15) is 0 Å². The van der Waals surface area contributed by atoms with E-state index in [0.717, 1.165) is 39.4 Å². The fraction of sp³-hybridized carbons (Fsp3) is 0.667. The molecule has 0 radical (unpaired) electrons. The highest BCUT2D eigenvalue weighted by atomic mass is 16.5. The van der Waals surface area contributed by atoms with Gasteiger partial charge < -0.3 is 10.1 Å². The highest BCUT2D eigenvalue weighted by Gasteiger charge is 2.09. The Hall–Kier alpha value is -1.27. The van der Waals surface area contributed by atoms with Crippen LogP contribution in [0, 0.1) is 0 Å². The van der Waals surface area contributed by atoms with Crippen molar-refractivity contribution in [2.24, 2.45) is 0 Å². The zero-order valence-corrected chi connectivity index (χ0v) is 8.59. The molecule has 15 heavy (non-hydrogen) atoms. The third kappa shape index (κ3) is 3.41. The molecule has 1 aliphatic heterocycles. The predicted octanol–water partition coefficient (Wildman–Crippen LogP) is -0.384. The molecule has 0 amide bonds. The molecule has 2 rings (SSSR count). The van der Waals surface area contributed by atoms with Crippen molar-refractivity contribution in [1.29, 1.82) is 0 Å². The zero-order valence-electron chi connectivity index (χ0n) is 8.59. The second-order valence-electron chi connectivity index (χ2n) is 3.34. The summed E-state index contributed by atoms with van der Waals surface area (Å²) in [4.78, 5) is 14.1. The standard InChI is InChI=1S/C9H15N5O/c1(2-14-3-5-15-6-4-14)11-9-12-7-10-8-13-9/h7-8H,1-6H2,(H,10,11,12,13). The van der Waals surface area contributed by atoms with Crippen LogP contribution in [0.1, 0.15) is 0 Å². The molecular weight excluding hydrogens is 194 g/mol. The summed E-state index contributed by atoms with van der Waals surface area (Å²) >= 11 is 0. The van der Waals surface area contributed by atoms with Gasteiger partial charge in [-0.05, 0) is 0 Å². The highest BCUT2D eigenvalue weighted by molar-refractivity contribution is 5.20. The fourth-order valence-corrected chi connectivity index (χ4v) is 1.48. The summed E-state index contributed by atoms with van der Waals surface area (Å²) in [5.74, 6) is 0.637. The Balaban J connectivity index is 1.66. The van der Waals surface area contributed by atoms with Gasteiger partial charge in [0.2, 0.25) is 5.95 Å². The van der Waals surface area contributed by atoms with E-state index in [1.165, 1.54) is 12.7 Å². The lowest BCUT2D eigenvalue weighted by molar-refractivity contribution is 0.0398. The van der Waals surface area contributed by atoms with Crippen LogP contribution in [0.2, 0.25) is 0 Å². The zero-order chi connectivity index (χ0) is 10.3. The molecule has 1 N–H and O–H groups in total. The van der Waals surface area contributed by atoms with Crippen molar-refractivity contribution < 1.29 is 4.74 Å². The SMILES string of the molecule is c1ncnc(NCCN2CCOCC2)n1. The van der Waals surface area contributed by atoms with Gasteiger partial charge in [0.15, 0.2) is 0 Å². The average molecular weight is 209 g/mol. The van der Waals surface area contributed by atoms with Crippen molar-refractivity contribution in [1.82, 2.24) is 19.9 Å². The first-order chi connectivity index (χ1) is 7.45. The fourth-order valence-electron chi connectivity index (χ4n) is 1.48. The molecule has 0 spiro atoms. The number of ether oxygens (including phenoxy) is 1. The van der Waals surface area contributed by atoms with Crippen molar-refractivity contribution in [3.05, 3.63) is 12.7 Å². The monoisotopic (exact) mass is 209 g/mol. The predicted molar refractivity (Wildman–Crippen MR) is 55.6 cm³/mol. The summed E-state index contributed by atoms with van der Waals surface area (Å²) in [5.41, 5.74) is 0. The number of hydrogen-bond acceptors (Lipinski definition) is 6. The van der Waals surface area contributed by atoms with E-state index in [1.54, 1.807) is 0 Å². The molecule has 2 heterocycles. The first-order valence-electron chi connectivity index (χ1n) is 5.11. The summed E-state index contributed by atoms with van der Waals surface area (Å²) < 4.78 is 5.27. The van der Waals surface area contributed by atoms with E-state index in [2.05, 4.69) is 25.2 Å². The van der Waals surface area contributed by atoms with E-state index < -0.39 is 0 Å². The van der Waals surface area contributed by atoms with Gasteiger partial charge >= 0.3 is 0 Å². The van der Waals surface area contributed by atoms with Crippen LogP contribution < -0.4 is 5.32 Å². The summed E-state index contributed by atoms with van der Waals surface area (Å²) in [6, 6.07) is 0. The molecule has 0 aliphatic carbocycles. The van der Waals surface area contributed by atoms with Crippen LogP contribution in [0.5, 0.6) is 0 Å². The summed E-state index contributed by atoms with van der Waals surface area (Å²) in [6.07, 6.45) is 2.98. The quantitative estimate of drug-likeness (QED) is 0.729. The van der Waals surface area contributed by atoms with Crippen molar-refractivity contribution in [2.45, 2.75) is 0 Å². The largest absolute Gasteiger partial charge is 0.379 e. The van der Waals surface area contributed by atoms with Crippen LogP contribution in [-0.4, -0.2) is 59.2 Å². The van der Waals surface area contributed by atoms with Crippen LogP contribution in [0.15, 0.2) is 12.7 Å². The molecule has 1 aromatic rings. The summed E-state index contributed by atoms with van der Waals surface area (Å²) in [6.45, 7) is 5.55. The number of hydrogen-bond donors (Lipinski definition) is 1. The molecule has 0 atom stereocenters. The lowest BCUT2D eigenvalue weighted by Crippen LogP contribution is -2.39. The molecule has 1 saturated heterocycles. The summed E-state index contributed by atoms with van der Waals surface area (Å²) in [5, 5.41) is 3.15. The Bertz CT molecular complexity index is 275. The van der Waals surface area contributed by atoms with Crippen molar-refractivity contribution in [3.63, 3.8) is 0 Å². The third-order valence-corrected chi connectivity index (χ3v) is 2.31. The van der Waals surface area contributed by atoms with Crippen LogP contribution in [0.4, 0.5) is 5.95 Å². The number of nitrogens with one attached hydrogen (secondary N) is 1. The Labute approximate surface area is 88.7 Å². The Morgan fingerprint density at radius 2 is 2.00 bits per heavy atom. The smallest absolute Gasteiger partial charge is 0.225 e. The maximum atomic E-state index is 5.27. The number of morpholine rings is 1. The van der Waals surface area contributed by atoms with Gasteiger partial charge in [0, 0.05) is 26.2 Å². The van der Waals surface area contributed by atoms with Crippen molar-refractivity contribution >= 4 is 5.95 Å². The maximum Gasteiger partial charge on any atom is 0.225 e. The van der Waals surface area contributed by atoms with E-state index >= 15 is 0 Å². The second kappa shape index (κ2) is 5.57. The van der Waals surface area contributed by atoms with E-state index in [1.807, 2.05) is 0 Å². The van der Waals surface area contributed by atoms with Crippen LogP contribution in [0.25, 0.3) is 0 Å². The minimum Gasteiger partial charge on any atom is -0.379 e. The minimum atomic E-state index is 0.637. The van der Waals surface area contributed by atoms with Gasteiger partial charge in [0.25, 0.3) is 0 Å². The molecular formula is C9H15N5O. The lowest BCUT2D eigenvalue weighted by Gasteiger charge is -2.26. The van der Waals surface area contributed by atoms with Gasteiger partial charge in [0.05, 0.1) is 13.2 Å². The molecule has 0 aromatic carbocycles. The van der Waals surface area contributed by atoms with E-state index in [0.29, 0.717) is 5.95 Å². The van der Waals surface area contributed by atoms with E-state index in [-0.39, 0.29) is 0 Å². The lowest BCUT2D eigenvalue weighted by atomic mass is 10.4. The normalized spacial score (nSPS) is 17.6. The van der Waals surface area contributed by atoms with Crippen LogP contribution >= 0.6 is 0 Å². The number of anilines is 1. The minimum absolute atomic E-state index is 0.637. The molecule has 1 fully saturated rings. The van der Waals surface area contributed by atoms with Gasteiger partial charge in [-0.2, -0.15) is 0 Å². The molecule has 1 aliphatic rings. The first-order valence-corrected chi connectivity index (χ1v) is 5.11. The number of rotatable bonds is 4. The third-order valence-electron chi connectivity index (χ3n) is 2.31. The van der Waals surface area contributed by atoms with Gasteiger partial charge in [-0.1, -0.05) is 0 Å². The molecule has 6 heteroatoms. The summed E-state index contributed by atoms with van der Waals surface area (Å²) in [7, 11) is 0. The van der Waals surface area contributed by atoms with E-state index in [4.69, 9.17) is 4.74 Å². The van der Waals surface area contributed by atoms with Crippen LogP contribution in [-0.2, 0) is 4.74 Å². The molecule has 1 aromatic heterocycles. The van der Waals surface area contributed by atoms with Gasteiger partial charge in [0.1, 0.15) is 12.7 Å². The van der Waals surface area contributed by atoms with Crippen molar-refractivity contribution in [3.8, 4) is 0 Å². The van der Waals surface area contributed by atoms with Gasteiger partial charge in [-0.3, -0.25) is 4.90 Å². The van der Waals surface area contributed by atoms with Crippen LogP contribution in [0.3, 0.4) is 0 Å². The molecule has 6 nitrogen and oxygen atoms in total. The second-order valence-corrected chi connectivity index (χ2v) is 3.34. The Kier molecular flexibility index (Phi) is 3.81. The maximum absolute atomic E-state index is 5.27. The average Bonchev–Trinajstić information content (AvgIpc) is 2.32. The molecule has 0 unspecified atom stereocenters. The Morgan fingerprint density at radius 1 is 1.27 bits per heavy atom.